The van der Waals surface area contributed by atoms with E-state index in [0.29, 0.717) is 32.1 Å². The first-order valence-electron chi connectivity index (χ1n) is 38.8. The smallest absolute Gasteiger partial charge is 0.462 e. The fourth-order valence-corrected chi connectivity index (χ4v) is 12.1. The van der Waals surface area contributed by atoms with Crippen LogP contribution in [0.5, 0.6) is 0 Å². The van der Waals surface area contributed by atoms with Gasteiger partial charge in [0.2, 0.25) is 0 Å². The maximum Gasteiger partial charge on any atom is 0.472 e. The van der Waals surface area contributed by atoms with E-state index in [1.165, 1.54) is 135 Å². The molecule has 0 aliphatic heterocycles. The number of carbonyl (C=O) groups is 4. The number of phosphoric acid groups is 2. The van der Waals surface area contributed by atoms with Crippen molar-refractivity contribution in [1.29, 1.82) is 0 Å². The molecule has 0 bridgehead atoms. The van der Waals surface area contributed by atoms with Crippen LogP contribution in [0, 0.1) is 0 Å². The van der Waals surface area contributed by atoms with Gasteiger partial charge in [-0.1, -0.05) is 305 Å². The molecule has 0 radical (unpaired) electrons. The molecule has 17 nitrogen and oxygen atoms in total. The summed E-state index contributed by atoms with van der Waals surface area (Å²) in [6.07, 6.45) is 73.0. The van der Waals surface area contributed by atoms with Crippen molar-refractivity contribution < 1.29 is 80.2 Å². The monoisotopic (exact) mass is 1420 g/mol. The summed E-state index contributed by atoms with van der Waals surface area (Å²) in [6.45, 7) is 4.69. The van der Waals surface area contributed by atoms with Gasteiger partial charge in [0.25, 0.3) is 0 Å². The van der Waals surface area contributed by atoms with Crippen molar-refractivity contribution in [2.45, 2.75) is 354 Å². The number of allylic oxidation sites excluding steroid dienone is 14. The molecule has 568 valence electrons. The lowest BCUT2D eigenvalue weighted by Crippen LogP contribution is -2.30. The molecule has 0 aromatic heterocycles. The van der Waals surface area contributed by atoms with Gasteiger partial charge in [0, 0.05) is 25.7 Å². The third kappa shape index (κ3) is 70.7. The largest absolute Gasteiger partial charge is 0.472 e. The fraction of sp³-hybridized carbons (Fsp3) is 0.772. The van der Waals surface area contributed by atoms with Crippen LogP contribution >= 0.6 is 15.6 Å². The predicted octanol–water partition coefficient (Wildman–Crippen LogP) is 22.2. The average molecular weight is 1420 g/mol. The van der Waals surface area contributed by atoms with Crippen LogP contribution in [0.3, 0.4) is 0 Å². The van der Waals surface area contributed by atoms with Gasteiger partial charge in [-0.3, -0.25) is 37.3 Å². The number of aliphatic hydroxyl groups is 1. The molecule has 0 spiro atoms. The van der Waals surface area contributed by atoms with Crippen LogP contribution in [0.15, 0.2) is 85.1 Å². The van der Waals surface area contributed by atoms with Gasteiger partial charge < -0.3 is 33.8 Å². The summed E-state index contributed by atoms with van der Waals surface area (Å²) in [6, 6.07) is 0. The second kappa shape index (κ2) is 71.6. The Balaban J connectivity index is 5.35. The van der Waals surface area contributed by atoms with Gasteiger partial charge in [-0.05, 0) is 89.9 Å². The van der Waals surface area contributed by atoms with E-state index in [4.69, 9.17) is 37.0 Å². The summed E-state index contributed by atoms with van der Waals surface area (Å²) in [5, 5.41) is 10.6. The Kier molecular flexibility index (Phi) is 68.9. The minimum absolute atomic E-state index is 0.0361. The second-order valence-corrected chi connectivity index (χ2v) is 28.8. The van der Waals surface area contributed by atoms with Crippen LogP contribution in [-0.4, -0.2) is 96.7 Å². The van der Waals surface area contributed by atoms with Crippen LogP contribution in [0.4, 0.5) is 0 Å². The van der Waals surface area contributed by atoms with Crippen molar-refractivity contribution in [2.75, 3.05) is 39.6 Å². The molecule has 0 fully saturated rings. The van der Waals surface area contributed by atoms with Crippen molar-refractivity contribution in [2.24, 2.45) is 0 Å². The number of unbranched alkanes of at least 4 members (excludes halogenated alkanes) is 33. The van der Waals surface area contributed by atoms with E-state index in [0.717, 1.165) is 116 Å². The summed E-state index contributed by atoms with van der Waals surface area (Å²) in [5.74, 6) is -2.26. The first kappa shape index (κ1) is 94.2. The highest BCUT2D eigenvalue weighted by atomic mass is 31.2. The van der Waals surface area contributed by atoms with E-state index in [-0.39, 0.29) is 25.7 Å². The molecule has 0 aromatic carbocycles. The number of rotatable bonds is 73. The van der Waals surface area contributed by atoms with Gasteiger partial charge in [0.15, 0.2) is 12.2 Å². The lowest BCUT2D eigenvalue weighted by atomic mass is 10.0. The maximum atomic E-state index is 13.1. The molecule has 0 saturated heterocycles. The van der Waals surface area contributed by atoms with E-state index in [1.54, 1.807) is 0 Å². The molecule has 5 atom stereocenters. The Morgan fingerprint density at radius 2 is 0.551 bits per heavy atom. The highest BCUT2D eigenvalue weighted by molar-refractivity contribution is 7.47. The molecule has 98 heavy (non-hydrogen) atoms. The molecule has 5 unspecified atom stereocenters. The van der Waals surface area contributed by atoms with Crippen LogP contribution in [0.2, 0.25) is 0 Å². The Morgan fingerprint density at radius 1 is 0.296 bits per heavy atom. The summed E-state index contributed by atoms with van der Waals surface area (Å²) in [5.41, 5.74) is 0. The minimum atomic E-state index is -4.99. The molecule has 0 aliphatic rings. The highest BCUT2D eigenvalue weighted by Gasteiger charge is 2.30. The molecule has 0 saturated carbocycles. The van der Waals surface area contributed by atoms with Crippen molar-refractivity contribution in [3.8, 4) is 0 Å². The van der Waals surface area contributed by atoms with Crippen LogP contribution < -0.4 is 0 Å². The summed E-state index contributed by atoms with van der Waals surface area (Å²) in [4.78, 5) is 72.8. The molecule has 0 heterocycles. The van der Waals surface area contributed by atoms with Gasteiger partial charge in [-0.25, -0.2) is 9.13 Å². The highest BCUT2D eigenvalue weighted by Crippen LogP contribution is 2.45. The topological polar surface area (TPSA) is 237 Å². The Morgan fingerprint density at radius 3 is 0.888 bits per heavy atom. The van der Waals surface area contributed by atoms with Crippen molar-refractivity contribution in [3.05, 3.63) is 85.1 Å². The molecule has 0 aliphatic carbocycles. The van der Waals surface area contributed by atoms with E-state index in [9.17, 15) is 43.2 Å². The number of hydrogen-bond donors (Lipinski definition) is 3. The summed E-state index contributed by atoms with van der Waals surface area (Å²) in [7, 11) is -9.96. The van der Waals surface area contributed by atoms with Crippen LogP contribution in [-0.2, 0) is 65.4 Å². The average Bonchev–Trinajstić information content (AvgIpc) is 0.972. The van der Waals surface area contributed by atoms with E-state index < -0.39 is 97.5 Å². The molecular formula is C79H140O17P2. The van der Waals surface area contributed by atoms with Crippen LogP contribution in [0.1, 0.15) is 336 Å². The standard InChI is InChI=1S/C79H140O17P2/c1-5-9-13-17-21-25-29-32-34-35-36-37-39-42-45-48-52-56-60-64-77(82)90-70-75(96-79(84)66-62-58-54-50-46-40-31-27-23-19-15-11-7-3)72-94-98(87,88)92-68-73(80)67-91-97(85,86)93-71-74(95-78(83)65-61-57-53-49-43-28-24-20-16-12-8-4)69-89-76(81)63-59-55-51-47-44-41-38-33-30-26-22-18-14-10-6-2/h9,13,21,25,27,31-32,34,36-37,42,45,52,56,73-75,80H,5-8,10-12,14-20,22-24,26,28-30,33,35,38-41,43-44,46-51,53-55,57-72H2,1-4H3,(H,85,86)(H,87,88)/b13-9-,25-21-,31-27-,34-32-,37-36-,45-42-,56-52-. The lowest BCUT2D eigenvalue weighted by Gasteiger charge is -2.21. The first-order chi connectivity index (χ1) is 47.7. The van der Waals surface area contributed by atoms with Crippen LogP contribution in [0.25, 0.3) is 0 Å². The number of esters is 4. The zero-order chi connectivity index (χ0) is 71.8. The molecule has 0 amide bonds. The van der Waals surface area contributed by atoms with Crippen molar-refractivity contribution >= 4 is 39.5 Å². The van der Waals surface area contributed by atoms with Gasteiger partial charge in [0.1, 0.15) is 19.3 Å². The number of carbonyl (C=O) groups excluding carboxylic acids is 4. The van der Waals surface area contributed by atoms with E-state index in [1.807, 2.05) is 18.2 Å². The second-order valence-electron chi connectivity index (χ2n) is 25.9. The predicted molar refractivity (Wildman–Crippen MR) is 399 cm³/mol. The van der Waals surface area contributed by atoms with Gasteiger partial charge in [0.05, 0.1) is 26.4 Å². The van der Waals surface area contributed by atoms with Crippen molar-refractivity contribution in [3.63, 3.8) is 0 Å². The number of ether oxygens (including phenoxy) is 4. The van der Waals surface area contributed by atoms with Gasteiger partial charge in [-0.15, -0.1) is 0 Å². The summed E-state index contributed by atoms with van der Waals surface area (Å²) < 4.78 is 68.4. The lowest BCUT2D eigenvalue weighted by molar-refractivity contribution is -0.161. The Bertz CT molecular complexity index is 2190. The first-order valence-corrected chi connectivity index (χ1v) is 41.8. The van der Waals surface area contributed by atoms with Gasteiger partial charge in [-0.2, -0.15) is 0 Å². The van der Waals surface area contributed by atoms with Gasteiger partial charge >= 0.3 is 39.5 Å². The summed E-state index contributed by atoms with van der Waals surface area (Å²) >= 11 is 0. The quantitative estimate of drug-likeness (QED) is 0.0169. The Labute approximate surface area is 595 Å². The zero-order valence-electron chi connectivity index (χ0n) is 62.0. The normalized spacial score (nSPS) is 14.4. The molecule has 19 heteroatoms. The minimum Gasteiger partial charge on any atom is -0.462 e. The van der Waals surface area contributed by atoms with Crippen molar-refractivity contribution in [1.82, 2.24) is 0 Å². The number of hydrogen-bond acceptors (Lipinski definition) is 15. The maximum absolute atomic E-state index is 13.1. The molecular weight excluding hydrogens is 1280 g/mol. The molecule has 3 N–H and O–H groups in total. The van der Waals surface area contributed by atoms with E-state index >= 15 is 0 Å². The Hall–Kier alpha value is -3.76. The molecule has 0 rings (SSSR count). The number of phosphoric ester groups is 2. The van der Waals surface area contributed by atoms with E-state index in [2.05, 4.69) is 94.5 Å². The zero-order valence-corrected chi connectivity index (χ0v) is 63.7. The number of aliphatic hydroxyl groups excluding tert-OH is 1. The SMILES string of the molecule is CC/C=C\C/C=C\C/C=C\C/C=C\C/C=C\C/C=C\CCC(=O)OCC(COP(=O)(O)OCC(O)COP(=O)(O)OCC(COC(=O)CCCCCCCCCCCCCCCCC)OC(=O)CCCCCCCCCCCCC)OC(=O)CCCCCCC/C=C\CCCCCC. The fourth-order valence-electron chi connectivity index (χ4n) is 10.5. The molecule has 0 aromatic rings. The third-order valence-electron chi connectivity index (χ3n) is 16.4. The third-order valence-corrected chi connectivity index (χ3v) is 18.3.